The van der Waals surface area contributed by atoms with Crippen molar-refractivity contribution in [3.05, 3.63) is 41.8 Å². The first kappa shape index (κ1) is 12.5. The zero-order valence-corrected chi connectivity index (χ0v) is 10.9. The number of benzene rings is 1. The molecule has 3 aromatic rings. The van der Waals surface area contributed by atoms with Crippen LogP contribution in [0.15, 0.2) is 39.2 Å². The molecule has 0 fully saturated rings. The van der Waals surface area contributed by atoms with E-state index in [1.807, 2.05) is 31.2 Å². The van der Waals surface area contributed by atoms with Gasteiger partial charge in [0.15, 0.2) is 5.76 Å². The molecule has 3 rings (SSSR count). The van der Waals surface area contributed by atoms with Crippen LogP contribution in [0.1, 0.15) is 29.6 Å². The van der Waals surface area contributed by atoms with Gasteiger partial charge in [-0.15, -0.1) is 0 Å². The molecule has 5 heteroatoms. The van der Waals surface area contributed by atoms with Crippen molar-refractivity contribution in [2.24, 2.45) is 0 Å². The zero-order chi connectivity index (χ0) is 14.1. The van der Waals surface area contributed by atoms with E-state index in [9.17, 15) is 4.79 Å². The van der Waals surface area contributed by atoms with Gasteiger partial charge >= 0.3 is 5.97 Å². The second-order valence-corrected chi connectivity index (χ2v) is 4.50. The summed E-state index contributed by atoms with van der Waals surface area (Å²) >= 11 is 0. The number of carboxylic acid groups (broad SMARTS) is 1. The Hall–Kier alpha value is -2.56. The number of fused-ring (bicyclic) bond motifs is 1. The Morgan fingerprint density at radius 1 is 1.30 bits per heavy atom. The normalized spacial score (nSPS) is 11.1. The number of aromatic carboxylic acids is 1. The van der Waals surface area contributed by atoms with E-state index >= 15 is 0 Å². The minimum atomic E-state index is -1.11. The molecule has 0 amide bonds. The number of carbonyl (C=O) groups is 1. The van der Waals surface area contributed by atoms with E-state index in [0.29, 0.717) is 17.9 Å². The Kier molecular flexibility index (Phi) is 3.02. The summed E-state index contributed by atoms with van der Waals surface area (Å²) < 4.78 is 11.0. The zero-order valence-electron chi connectivity index (χ0n) is 10.9. The molecular weight excluding hydrogens is 258 g/mol. The molecule has 0 bridgehead atoms. The summed E-state index contributed by atoms with van der Waals surface area (Å²) in [5.74, 6) is -0.566. The lowest BCUT2D eigenvalue weighted by Crippen LogP contribution is -1.99. The maximum Gasteiger partial charge on any atom is 0.373 e. The summed E-state index contributed by atoms with van der Waals surface area (Å²) in [5.41, 5.74) is 1.17. The molecule has 0 aliphatic heterocycles. The summed E-state index contributed by atoms with van der Waals surface area (Å²) in [7, 11) is 0. The maximum absolute atomic E-state index is 11.1. The number of hydrogen-bond acceptors (Lipinski definition) is 4. The van der Waals surface area contributed by atoms with Crippen LogP contribution in [0, 0.1) is 0 Å². The maximum atomic E-state index is 11.1. The second kappa shape index (κ2) is 4.85. The van der Waals surface area contributed by atoms with Gasteiger partial charge in [-0.25, -0.2) is 9.78 Å². The standard InChI is InChI=1S/C15H13NO4/c1-2-5-10-13(15(17)18)20-14(16-10)12-8-9-6-3-4-7-11(9)19-12/h3-4,6-8H,2,5H2,1H3,(H,17,18). The van der Waals surface area contributed by atoms with Gasteiger partial charge in [-0.1, -0.05) is 31.5 Å². The molecule has 0 radical (unpaired) electrons. The highest BCUT2D eigenvalue weighted by molar-refractivity contribution is 5.86. The Morgan fingerprint density at radius 3 is 2.80 bits per heavy atom. The number of aromatic nitrogens is 1. The molecule has 0 saturated heterocycles. The molecule has 0 unspecified atom stereocenters. The highest BCUT2D eigenvalue weighted by Gasteiger charge is 2.21. The van der Waals surface area contributed by atoms with Crippen LogP contribution in [-0.4, -0.2) is 16.1 Å². The van der Waals surface area contributed by atoms with Crippen molar-refractivity contribution in [2.75, 3.05) is 0 Å². The molecule has 2 heterocycles. The fourth-order valence-electron chi connectivity index (χ4n) is 2.12. The summed E-state index contributed by atoms with van der Waals surface area (Å²) in [5, 5.41) is 10.1. The third-order valence-electron chi connectivity index (χ3n) is 3.01. The first-order valence-corrected chi connectivity index (χ1v) is 6.41. The molecule has 102 valence electrons. The lowest BCUT2D eigenvalue weighted by atomic mass is 10.2. The quantitative estimate of drug-likeness (QED) is 0.782. The van der Waals surface area contributed by atoms with Crippen molar-refractivity contribution in [3.8, 4) is 11.7 Å². The molecule has 1 N–H and O–H groups in total. The van der Waals surface area contributed by atoms with E-state index in [1.165, 1.54) is 0 Å². The Bertz CT molecular complexity index is 736. The highest BCUT2D eigenvalue weighted by atomic mass is 16.4. The molecule has 2 aromatic heterocycles. The average Bonchev–Trinajstić information content (AvgIpc) is 3.02. The van der Waals surface area contributed by atoms with Crippen LogP contribution in [0.5, 0.6) is 0 Å². The fraction of sp³-hybridized carbons (Fsp3) is 0.200. The number of furan rings is 1. The largest absolute Gasteiger partial charge is 0.475 e. The van der Waals surface area contributed by atoms with Gasteiger partial charge in [-0.05, 0) is 18.6 Å². The van der Waals surface area contributed by atoms with Crippen LogP contribution in [0.4, 0.5) is 0 Å². The van der Waals surface area contributed by atoms with Crippen molar-refractivity contribution in [2.45, 2.75) is 19.8 Å². The van der Waals surface area contributed by atoms with Gasteiger partial charge in [-0.2, -0.15) is 0 Å². The van der Waals surface area contributed by atoms with Gasteiger partial charge in [0.2, 0.25) is 5.76 Å². The SMILES string of the molecule is CCCc1nc(-c2cc3ccccc3o2)oc1C(=O)O. The molecule has 20 heavy (non-hydrogen) atoms. The van der Waals surface area contributed by atoms with Crippen molar-refractivity contribution in [1.82, 2.24) is 4.98 Å². The number of rotatable bonds is 4. The average molecular weight is 271 g/mol. The third-order valence-corrected chi connectivity index (χ3v) is 3.01. The predicted molar refractivity (Wildman–Crippen MR) is 72.7 cm³/mol. The summed E-state index contributed by atoms with van der Waals surface area (Å²) in [6, 6.07) is 9.32. The lowest BCUT2D eigenvalue weighted by molar-refractivity contribution is 0.0661. The summed E-state index contributed by atoms with van der Waals surface area (Å²) in [6.07, 6.45) is 1.36. The monoisotopic (exact) mass is 271 g/mol. The second-order valence-electron chi connectivity index (χ2n) is 4.50. The van der Waals surface area contributed by atoms with E-state index in [1.54, 1.807) is 6.07 Å². The topological polar surface area (TPSA) is 76.5 Å². The Morgan fingerprint density at radius 2 is 2.10 bits per heavy atom. The summed E-state index contributed by atoms with van der Waals surface area (Å²) in [6.45, 7) is 1.96. The van der Waals surface area contributed by atoms with Gasteiger partial charge in [-0.3, -0.25) is 0 Å². The van der Waals surface area contributed by atoms with Gasteiger partial charge in [0.1, 0.15) is 5.58 Å². The van der Waals surface area contributed by atoms with Crippen LogP contribution >= 0.6 is 0 Å². The molecule has 0 saturated carbocycles. The first-order chi connectivity index (χ1) is 9.69. The highest BCUT2D eigenvalue weighted by Crippen LogP contribution is 2.29. The number of oxazole rings is 1. The molecular formula is C15H13NO4. The molecule has 0 aliphatic carbocycles. The van der Waals surface area contributed by atoms with E-state index in [4.69, 9.17) is 13.9 Å². The summed E-state index contributed by atoms with van der Waals surface area (Å²) in [4.78, 5) is 15.4. The Balaban J connectivity index is 2.09. The van der Waals surface area contributed by atoms with Crippen LogP contribution in [0.3, 0.4) is 0 Å². The third kappa shape index (κ3) is 2.07. The van der Waals surface area contributed by atoms with E-state index in [-0.39, 0.29) is 11.7 Å². The first-order valence-electron chi connectivity index (χ1n) is 6.41. The number of hydrogen-bond donors (Lipinski definition) is 1. The van der Waals surface area contributed by atoms with Crippen LogP contribution in [0.2, 0.25) is 0 Å². The van der Waals surface area contributed by atoms with E-state index in [2.05, 4.69) is 4.98 Å². The molecule has 0 spiro atoms. The van der Waals surface area contributed by atoms with Crippen molar-refractivity contribution in [3.63, 3.8) is 0 Å². The molecule has 0 atom stereocenters. The van der Waals surface area contributed by atoms with Crippen molar-refractivity contribution in [1.29, 1.82) is 0 Å². The van der Waals surface area contributed by atoms with Crippen LogP contribution in [0.25, 0.3) is 22.6 Å². The molecule has 0 aliphatic rings. The Labute approximate surface area is 114 Å². The number of carboxylic acids is 1. The van der Waals surface area contributed by atoms with Crippen molar-refractivity contribution >= 4 is 16.9 Å². The van der Waals surface area contributed by atoms with Crippen LogP contribution in [-0.2, 0) is 6.42 Å². The van der Waals surface area contributed by atoms with Gasteiger partial charge < -0.3 is 13.9 Å². The van der Waals surface area contributed by atoms with Gasteiger partial charge in [0, 0.05) is 5.39 Å². The smallest absolute Gasteiger partial charge is 0.373 e. The lowest BCUT2D eigenvalue weighted by Gasteiger charge is -1.91. The predicted octanol–water partition coefficient (Wildman–Crippen LogP) is 3.74. The minimum Gasteiger partial charge on any atom is -0.475 e. The fourth-order valence-corrected chi connectivity index (χ4v) is 2.12. The van der Waals surface area contributed by atoms with Crippen LogP contribution < -0.4 is 0 Å². The molecule has 1 aromatic carbocycles. The number of nitrogens with zero attached hydrogens (tertiary/aromatic N) is 1. The number of para-hydroxylation sites is 1. The number of aryl methyl sites for hydroxylation is 1. The van der Waals surface area contributed by atoms with Gasteiger partial charge in [0.05, 0.1) is 5.69 Å². The van der Waals surface area contributed by atoms with Crippen molar-refractivity contribution < 1.29 is 18.7 Å². The molecule has 5 nitrogen and oxygen atoms in total. The van der Waals surface area contributed by atoms with E-state index < -0.39 is 5.97 Å². The minimum absolute atomic E-state index is 0.109. The van der Waals surface area contributed by atoms with Gasteiger partial charge in [0.25, 0.3) is 5.89 Å². The van der Waals surface area contributed by atoms with E-state index in [0.717, 1.165) is 17.4 Å².